The number of carbonyl (C=O) groups is 1. The molecule has 2 nitrogen and oxygen atoms in total. The summed E-state index contributed by atoms with van der Waals surface area (Å²) in [5.41, 5.74) is 0.348. The molecule has 0 radical (unpaired) electrons. The lowest BCUT2D eigenvalue weighted by Gasteiger charge is -2.33. The molecule has 3 rings (SSSR count). The first-order valence-electron chi connectivity index (χ1n) is 7.66. The molecule has 21 heavy (non-hydrogen) atoms. The van der Waals surface area contributed by atoms with Crippen LogP contribution in [-0.4, -0.2) is 11.6 Å². The third-order valence-corrected chi connectivity index (χ3v) is 4.72. The second-order valence-electron chi connectivity index (χ2n) is 6.55. The third kappa shape index (κ3) is 3.09. The molecule has 2 aliphatic rings. The number of hydrogen-bond acceptors (Lipinski definition) is 2. The molecule has 0 spiro atoms. The maximum Gasteiger partial charge on any atom is 0.310 e. The van der Waals surface area contributed by atoms with Crippen molar-refractivity contribution in [1.29, 1.82) is 0 Å². The molecule has 0 aromatic heterocycles. The first-order chi connectivity index (χ1) is 9.98. The van der Waals surface area contributed by atoms with Gasteiger partial charge >= 0.3 is 5.97 Å². The number of rotatable bonds is 3. The van der Waals surface area contributed by atoms with Crippen LogP contribution in [0.1, 0.15) is 56.9 Å². The highest BCUT2D eigenvalue weighted by Crippen LogP contribution is 2.49. The number of ether oxygens (including phenoxy) is 1. The standard InChI is InChI=1S/C17H20F2O2/c1-17(7-3-2-4-8-17)21-16(20)13-10-12(13)11-5-6-14(18)15(19)9-11/h5-6,9,12-13H,2-4,7-8,10H2,1H3/t12-,13+/m0/s1. The van der Waals surface area contributed by atoms with E-state index in [-0.39, 0.29) is 23.4 Å². The van der Waals surface area contributed by atoms with E-state index in [2.05, 4.69) is 0 Å². The van der Waals surface area contributed by atoms with Gasteiger partial charge in [0.1, 0.15) is 5.60 Å². The van der Waals surface area contributed by atoms with E-state index in [1.54, 1.807) is 6.07 Å². The van der Waals surface area contributed by atoms with Crippen molar-refractivity contribution in [2.75, 3.05) is 0 Å². The van der Waals surface area contributed by atoms with E-state index in [9.17, 15) is 13.6 Å². The number of benzene rings is 1. The van der Waals surface area contributed by atoms with Crippen molar-refractivity contribution in [2.45, 2.75) is 57.0 Å². The number of carbonyl (C=O) groups excluding carboxylic acids is 1. The van der Waals surface area contributed by atoms with E-state index in [4.69, 9.17) is 4.74 Å². The van der Waals surface area contributed by atoms with E-state index in [0.29, 0.717) is 12.0 Å². The Hall–Kier alpha value is -1.45. The molecular formula is C17H20F2O2. The van der Waals surface area contributed by atoms with Crippen LogP contribution in [0.25, 0.3) is 0 Å². The Kier molecular flexibility index (Phi) is 3.72. The minimum Gasteiger partial charge on any atom is -0.459 e. The zero-order chi connectivity index (χ0) is 15.0. The highest BCUT2D eigenvalue weighted by molar-refractivity contribution is 5.77. The van der Waals surface area contributed by atoms with Crippen LogP contribution < -0.4 is 0 Å². The van der Waals surface area contributed by atoms with Gasteiger partial charge in [-0.1, -0.05) is 12.5 Å². The van der Waals surface area contributed by atoms with Crippen LogP contribution in [0.2, 0.25) is 0 Å². The normalized spacial score (nSPS) is 27.2. The van der Waals surface area contributed by atoms with Crippen molar-refractivity contribution in [1.82, 2.24) is 0 Å². The van der Waals surface area contributed by atoms with Gasteiger partial charge in [0.2, 0.25) is 0 Å². The highest BCUT2D eigenvalue weighted by Gasteiger charge is 2.47. The monoisotopic (exact) mass is 294 g/mol. The molecule has 1 aromatic carbocycles. The van der Waals surface area contributed by atoms with Gasteiger partial charge in [0.15, 0.2) is 11.6 Å². The first kappa shape index (κ1) is 14.5. The van der Waals surface area contributed by atoms with E-state index in [0.717, 1.165) is 31.7 Å². The lowest BCUT2D eigenvalue weighted by atomic mass is 9.86. The van der Waals surface area contributed by atoms with Gasteiger partial charge in [-0.2, -0.15) is 0 Å². The van der Waals surface area contributed by atoms with Gasteiger partial charge < -0.3 is 4.74 Å². The summed E-state index contributed by atoms with van der Waals surface area (Å²) in [7, 11) is 0. The highest BCUT2D eigenvalue weighted by atomic mass is 19.2. The summed E-state index contributed by atoms with van der Waals surface area (Å²) in [6, 6.07) is 3.86. The smallest absolute Gasteiger partial charge is 0.310 e. The van der Waals surface area contributed by atoms with Gasteiger partial charge in [-0.05, 0) is 62.6 Å². The molecule has 2 fully saturated rings. The van der Waals surface area contributed by atoms with Crippen molar-refractivity contribution in [3.05, 3.63) is 35.4 Å². The summed E-state index contributed by atoms with van der Waals surface area (Å²) in [6.45, 7) is 2.00. The van der Waals surface area contributed by atoms with Crippen LogP contribution in [-0.2, 0) is 9.53 Å². The van der Waals surface area contributed by atoms with Gasteiger partial charge in [-0.15, -0.1) is 0 Å². The van der Waals surface area contributed by atoms with Crippen molar-refractivity contribution < 1.29 is 18.3 Å². The molecule has 0 unspecified atom stereocenters. The maximum atomic E-state index is 13.2. The van der Waals surface area contributed by atoms with Crippen LogP contribution in [0.4, 0.5) is 8.78 Å². The Bertz CT molecular complexity index is 550. The van der Waals surface area contributed by atoms with Gasteiger partial charge in [0.05, 0.1) is 5.92 Å². The van der Waals surface area contributed by atoms with Crippen LogP contribution >= 0.6 is 0 Å². The van der Waals surface area contributed by atoms with E-state index in [1.807, 2.05) is 6.92 Å². The Morgan fingerprint density at radius 3 is 2.57 bits per heavy atom. The van der Waals surface area contributed by atoms with Crippen molar-refractivity contribution in [3.8, 4) is 0 Å². The largest absolute Gasteiger partial charge is 0.459 e. The van der Waals surface area contributed by atoms with Crippen molar-refractivity contribution in [3.63, 3.8) is 0 Å². The summed E-state index contributed by atoms with van der Waals surface area (Å²) in [5, 5.41) is 0. The number of esters is 1. The Balaban J connectivity index is 1.61. The Morgan fingerprint density at radius 2 is 1.90 bits per heavy atom. The fourth-order valence-corrected chi connectivity index (χ4v) is 3.29. The second-order valence-corrected chi connectivity index (χ2v) is 6.55. The molecule has 0 heterocycles. The molecule has 2 saturated carbocycles. The first-order valence-corrected chi connectivity index (χ1v) is 7.66. The molecule has 114 valence electrons. The summed E-state index contributed by atoms with van der Waals surface area (Å²) >= 11 is 0. The minimum absolute atomic E-state index is 0.0280. The predicted molar refractivity (Wildman–Crippen MR) is 74.8 cm³/mol. The molecule has 1 aromatic rings. The minimum atomic E-state index is -0.856. The molecule has 0 aliphatic heterocycles. The maximum absolute atomic E-state index is 13.2. The molecule has 0 amide bonds. The lowest BCUT2D eigenvalue weighted by Crippen LogP contribution is -2.34. The summed E-state index contributed by atoms with van der Waals surface area (Å²) in [6.07, 6.45) is 5.90. The molecular weight excluding hydrogens is 274 g/mol. The summed E-state index contributed by atoms with van der Waals surface area (Å²) in [5.74, 6) is -2.12. The lowest BCUT2D eigenvalue weighted by molar-refractivity contribution is -0.162. The van der Waals surface area contributed by atoms with Gasteiger partial charge in [-0.25, -0.2) is 8.78 Å². The molecule has 4 heteroatoms. The molecule has 2 atom stereocenters. The topological polar surface area (TPSA) is 26.3 Å². The fraction of sp³-hybridized carbons (Fsp3) is 0.588. The third-order valence-electron chi connectivity index (χ3n) is 4.72. The van der Waals surface area contributed by atoms with Crippen LogP contribution in [0, 0.1) is 17.6 Å². The summed E-state index contributed by atoms with van der Waals surface area (Å²) in [4.78, 5) is 12.2. The fourth-order valence-electron chi connectivity index (χ4n) is 3.29. The summed E-state index contributed by atoms with van der Waals surface area (Å²) < 4.78 is 31.9. The van der Waals surface area contributed by atoms with E-state index in [1.165, 1.54) is 12.5 Å². The number of halogens is 2. The molecule has 0 saturated heterocycles. The quantitative estimate of drug-likeness (QED) is 0.775. The van der Waals surface area contributed by atoms with E-state index < -0.39 is 11.6 Å². The van der Waals surface area contributed by atoms with Gasteiger partial charge in [-0.3, -0.25) is 4.79 Å². The Morgan fingerprint density at radius 1 is 1.19 bits per heavy atom. The second kappa shape index (κ2) is 5.39. The van der Waals surface area contributed by atoms with Crippen LogP contribution in [0.15, 0.2) is 18.2 Å². The van der Waals surface area contributed by atoms with Gasteiger partial charge in [0.25, 0.3) is 0 Å². The van der Waals surface area contributed by atoms with Crippen molar-refractivity contribution in [2.24, 2.45) is 5.92 Å². The molecule has 0 bridgehead atoms. The zero-order valence-corrected chi connectivity index (χ0v) is 12.2. The van der Waals surface area contributed by atoms with E-state index >= 15 is 0 Å². The Labute approximate surface area is 123 Å². The average molecular weight is 294 g/mol. The van der Waals surface area contributed by atoms with Crippen LogP contribution in [0.5, 0.6) is 0 Å². The SMILES string of the molecule is CC1(OC(=O)[C@@H]2C[C@H]2c2ccc(F)c(F)c2)CCCCC1. The average Bonchev–Trinajstić information content (AvgIpc) is 3.23. The van der Waals surface area contributed by atoms with Crippen molar-refractivity contribution >= 4 is 5.97 Å². The molecule has 2 aliphatic carbocycles. The van der Waals surface area contributed by atoms with Crippen LogP contribution in [0.3, 0.4) is 0 Å². The zero-order valence-electron chi connectivity index (χ0n) is 12.2. The van der Waals surface area contributed by atoms with Gasteiger partial charge in [0, 0.05) is 0 Å². The number of hydrogen-bond donors (Lipinski definition) is 0. The molecule has 0 N–H and O–H groups in total. The predicted octanol–water partition coefficient (Wildman–Crippen LogP) is 4.33.